The second-order valence-corrected chi connectivity index (χ2v) is 6.06. The number of urea groups is 1. The zero-order valence-corrected chi connectivity index (χ0v) is 13.8. The normalized spacial score (nSPS) is 10.5. The molecule has 0 bridgehead atoms. The second-order valence-electron chi connectivity index (χ2n) is 5.14. The maximum atomic E-state index is 12.4. The summed E-state index contributed by atoms with van der Waals surface area (Å²) in [5.74, 6) is 0. The molecule has 3 nitrogen and oxygen atoms in total. The molecular formula is C17H19BrN2O. The Hall–Kier alpha value is -1.81. The number of halogens is 1. The lowest BCUT2D eigenvalue weighted by molar-refractivity contribution is 0.193. The quantitative estimate of drug-likeness (QED) is 0.839. The average molecular weight is 347 g/mol. The SMILES string of the molecule is CC(C)N(Cc1ccccc1)C(=O)Nc1ccc(Br)cc1. The predicted molar refractivity (Wildman–Crippen MR) is 90.3 cm³/mol. The Balaban J connectivity index is 2.07. The van der Waals surface area contributed by atoms with Gasteiger partial charge in [-0.3, -0.25) is 0 Å². The Labute approximate surface area is 134 Å². The van der Waals surface area contributed by atoms with Crippen LogP contribution in [0.4, 0.5) is 10.5 Å². The summed E-state index contributed by atoms with van der Waals surface area (Å²) >= 11 is 3.38. The maximum Gasteiger partial charge on any atom is 0.322 e. The summed E-state index contributed by atoms with van der Waals surface area (Å²) in [6, 6.07) is 17.6. The van der Waals surface area contributed by atoms with Crippen molar-refractivity contribution < 1.29 is 4.79 Å². The van der Waals surface area contributed by atoms with Crippen molar-refractivity contribution in [3.8, 4) is 0 Å². The molecule has 2 rings (SSSR count). The van der Waals surface area contributed by atoms with Crippen LogP contribution in [0.2, 0.25) is 0 Å². The Kier molecular flexibility index (Phi) is 5.39. The minimum atomic E-state index is -0.0869. The first-order valence-corrected chi connectivity index (χ1v) is 7.72. The van der Waals surface area contributed by atoms with Crippen molar-refractivity contribution in [3.05, 3.63) is 64.6 Å². The van der Waals surface area contributed by atoms with E-state index in [0.717, 1.165) is 15.7 Å². The summed E-state index contributed by atoms with van der Waals surface area (Å²) in [4.78, 5) is 14.3. The van der Waals surface area contributed by atoms with E-state index < -0.39 is 0 Å². The highest BCUT2D eigenvalue weighted by molar-refractivity contribution is 9.10. The lowest BCUT2D eigenvalue weighted by Gasteiger charge is -2.27. The number of nitrogens with zero attached hydrogens (tertiary/aromatic N) is 1. The number of nitrogens with one attached hydrogen (secondary N) is 1. The Bertz CT molecular complexity index is 581. The molecule has 21 heavy (non-hydrogen) atoms. The number of rotatable bonds is 4. The van der Waals surface area contributed by atoms with Gasteiger partial charge in [-0.05, 0) is 43.7 Å². The summed E-state index contributed by atoms with van der Waals surface area (Å²) in [7, 11) is 0. The van der Waals surface area contributed by atoms with Gasteiger partial charge in [0.15, 0.2) is 0 Å². The molecule has 0 radical (unpaired) electrons. The molecule has 2 aromatic carbocycles. The Morgan fingerprint density at radius 1 is 1.10 bits per heavy atom. The van der Waals surface area contributed by atoms with E-state index >= 15 is 0 Å². The van der Waals surface area contributed by atoms with Gasteiger partial charge in [-0.15, -0.1) is 0 Å². The minimum absolute atomic E-state index is 0.0869. The van der Waals surface area contributed by atoms with E-state index in [9.17, 15) is 4.79 Å². The smallest absolute Gasteiger partial charge is 0.318 e. The van der Waals surface area contributed by atoms with Gasteiger partial charge < -0.3 is 10.2 Å². The van der Waals surface area contributed by atoms with E-state index in [1.165, 1.54) is 0 Å². The molecule has 0 aliphatic carbocycles. The molecular weight excluding hydrogens is 328 g/mol. The van der Waals surface area contributed by atoms with Gasteiger partial charge >= 0.3 is 6.03 Å². The van der Waals surface area contributed by atoms with E-state index in [4.69, 9.17) is 0 Å². The molecule has 0 fully saturated rings. The average Bonchev–Trinajstić information content (AvgIpc) is 2.48. The molecule has 0 atom stereocenters. The van der Waals surface area contributed by atoms with Gasteiger partial charge in [-0.2, -0.15) is 0 Å². The molecule has 0 aromatic heterocycles. The fourth-order valence-corrected chi connectivity index (χ4v) is 2.26. The van der Waals surface area contributed by atoms with Gasteiger partial charge in [-0.1, -0.05) is 46.3 Å². The Morgan fingerprint density at radius 2 is 1.71 bits per heavy atom. The predicted octanol–water partition coefficient (Wildman–Crippen LogP) is 4.89. The van der Waals surface area contributed by atoms with E-state index in [1.54, 1.807) is 0 Å². The van der Waals surface area contributed by atoms with Crippen LogP contribution >= 0.6 is 15.9 Å². The topological polar surface area (TPSA) is 32.3 Å². The van der Waals surface area contributed by atoms with Crippen LogP contribution in [0, 0.1) is 0 Å². The van der Waals surface area contributed by atoms with Crippen LogP contribution in [0.15, 0.2) is 59.1 Å². The van der Waals surface area contributed by atoms with Gasteiger partial charge in [0.2, 0.25) is 0 Å². The number of hydrogen-bond donors (Lipinski definition) is 1. The second kappa shape index (κ2) is 7.27. The zero-order valence-electron chi connectivity index (χ0n) is 12.2. The molecule has 1 N–H and O–H groups in total. The summed E-state index contributed by atoms with van der Waals surface area (Å²) in [6.07, 6.45) is 0. The zero-order chi connectivity index (χ0) is 15.2. The van der Waals surface area contributed by atoms with Crippen LogP contribution < -0.4 is 5.32 Å². The third-order valence-corrected chi connectivity index (χ3v) is 3.70. The number of amides is 2. The van der Waals surface area contributed by atoms with E-state index in [-0.39, 0.29) is 12.1 Å². The summed E-state index contributed by atoms with van der Waals surface area (Å²) < 4.78 is 0.991. The standard InChI is InChI=1S/C17H19BrN2O/c1-13(2)20(12-14-6-4-3-5-7-14)17(21)19-16-10-8-15(18)9-11-16/h3-11,13H,12H2,1-2H3,(H,19,21). The molecule has 0 saturated heterocycles. The lowest BCUT2D eigenvalue weighted by Crippen LogP contribution is -2.39. The van der Waals surface area contributed by atoms with Gasteiger partial charge in [0.1, 0.15) is 0 Å². The highest BCUT2D eigenvalue weighted by Gasteiger charge is 2.17. The van der Waals surface area contributed by atoms with Crippen molar-refractivity contribution in [3.63, 3.8) is 0 Å². The first-order valence-electron chi connectivity index (χ1n) is 6.93. The molecule has 2 aromatic rings. The van der Waals surface area contributed by atoms with E-state index in [0.29, 0.717) is 6.54 Å². The van der Waals surface area contributed by atoms with Crippen molar-refractivity contribution in [1.82, 2.24) is 4.90 Å². The van der Waals surface area contributed by atoms with Gasteiger partial charge in [-0.25, -0.2) is 4.79 Å². The van der Waals surface area contributed by atoms with Crippen LogP contribution in [0.1, 0.15) is 19.4 Å². The van der Waals surface area contributed by atoms with Crippen molar-refractivity contribution in [1.29, 1.82) is 0 Å². The van der Waals surface area contributed by atoms with Crippen molar-refractivity contribution in [2.24, 2.45) is 0 Å². The molecule has 0 heterocycles. The third-order valence-electron chi connectivity index (χ3n) is 3.18. The fourth-order valence-electron chi connectivity index (χ4n) is 2.00. The maximum absolute atomic E-state index is 12.4. The minimum Gasteiger partial charge on any atom is -0.318 e. The molecule has 0 unspecified atom stereocenters. The molecule has 0 aliphatic heterocycles. The van der Waals surface area contributed by atoms with Crippen LogP contribution in [-0.2, 0) is 6.54 Å². The van der Waals surface area contributed by atoms with Gasteiger partial charge in [0.05, 0.1) is 0 Å². The van der Waals surface area contributed by atoms with E-state index in [2.05, 4.69) is 21.2 Å². The molecule has 0 spiro atoms. The van der Waals surface area contributed by atoms with E-state index in [1.807, 2.05) is 73.3 Å². The van der Waals surface area contributed by atoms with Gasteiger partial charge in [0.25, 0.3) is 0 Å². The summed E-state index contributed by atoms with van der Waals surface area (Å²) in [5, 5.41) is 2.94. The number of carbonyl (C=O) groups is 1. The number of carbonyl (C=O) groups excluding carboxylic acids is 1. The molecule has 110 valence electrons. The van der Waals surface area contributed by atoms with Crippen LogP contribution in [0.5, 0.6) is 0 Å². The highest BCUT2D eigenvalue weighted by atomic mass is 79.9. The number of hydrogen-bond acceptors (Lipinski definition) is 1. The number of benzene rings is 2. The van der Waals surface area contributed by atoms with Crippen LogP contribution in [0.3, 0.4) is 0 Å². The molecule has 0 saturated carbocycles. The highest BCUT2D eigenvalue weighted by Crippen LogP contribution is 2.16. The van der Waals surface area contributed by atoms with Crippen molar-refractivity contribution in [2.75, 3.05) is 5.32 Å². The summed E-state index contributed by atoms with van der Waals surface area (Å²) in [5.41, 5.74) is 1.92. The summed E-state index contributed by atoms with van der Waals surface area (Å²) in [6.45, 7) is 4.63. The molecule has 0 aliphatic rings. The largest absolute Gasteiger partial charge is 0.322 e. The van der Waals surface area contributed by atoms with Crippen LogP contribution in [-0.4, -0.2) is 17.0 Å². The third kappa shape index (κ3) is 4.60. The van der Waals surface area contributed by atoms with Crippen molar-refractivity contribution in [2.45, 2.75) is 26.4 Å². The lowest BCUT2D eigenvalue weighted by atomic mass is 10.2. The van der Waals surface area contributed by atoms with Crippen LogP contribution in [0.25, 0.3) is 0 Å². The Morgan fingerprint density at radius 3 is 2.29 bits per heavy atom. The monoisotopic (exact) mass is 346 g/mol. The molecule has 2 amide bonds. The first-order chi connectivity index (χ1) is 10.1. The van der Waals surface area contributed by atoms with Crippen molar-refractivity contribution >= 4 is 27.6 Å². The first kappa shape index (κ1) is 15.6. The molecule has 4 heteroatoms. The van der Waals surface area contributed by atoms with Gasteiger partial charge in [0, 0.05) is 22.7 Å². The number of anilines is 1. The fraction of sp³-hybridized carbons (Fsp3) is 0.235.